The summed E-state index contributed by atoms with van der Waals surface area (Å²) < 4.78 is 1.79. The molecule has 0 saturated carbocycles. The highest BCUT2D eigenvalue weighted by Crippen LogP contribution is 2.24. The maximum atomic E-state index is 11.9. The Balaban J connectivity index is 1.90. The topological polar surface area (TPSA) is 75.4 Å². The van der Waals surface area contributed by atoms with Crippen molar-refractivity contribution in [1.29, 1.82) is 0 Å². The first-order valence-electron chi connectivity index (χ1n) is 6.88. The fourth-order valence-electron chi connectivity index (χ4n) is 2.84. The maximum absolute atomic E-state index is 11.9. The van der Waals surface area contributed by atoms with E-state index in [9.17, 15) is 9.59 Å². The van der Waals surface area contributed by atoms with E-state index in [2.05, 4.69) is 5.10 Å². The van der Waals surface area contributed by atoms with Crippen molar-refractivity contribution in [2.45, 2.75) is 19.9 Å². The smallest absolute Gasteiger partial charge is 0.308 e. The molecule has 0 bridgehead atoms. The lowest BCUT2D eigenvalue weighted by atomic mass is 10.1. The average molecular weight is 287 g/mol. The van der Waals surface area contributed by atoms with Gasteiger partial charge in [0, 0.05) is 25.4 Å². The minimum atomic E-state index is -0.910. The molecule has 0 aliphatic carbocycles. The number of aryl methyl sites for hydroxylation is 2. The van der Waals surface area contributed by atoms with Gasteiger partial charge in [0.15, 0.2) is 0 Å². The lowest BCUT2D eigenvalue weighted by Crippen LogP contribution is -2.26. The van der Waals surface area contributed by atoms with Crippen LogP contribution >= 0.6 is 0 Å². The number of carbonyl (C=O) groups excluding carboxylic acids is 1. The van der Waals surface area contributed by atoms with Crippen molar-refractivity contribution in [2.75, 3.05) is 6.54 Å². The second-order valence-electron chi connectivity index (χ2n) is 5.60. The summed E-state index contributed by atoms with van der Waals surface area (Å²) in [6.45, 7) is 2.64. The predicted molar refractivity (Wildman–Crippen MR) is 76.6 cm³/mol. The molecule has 3 rings (SSSR count). The van der Waals surface area contributed by atoms with Crippen molar-refractivity contribution in [1.82, 2.24) is 14.7 Å². The molecule has 1 aliphatic heterocycles. The molecule has 2 aromatic rings. The number of fused-ring (bicyclic) bond motifs is 1. The molecule has 1 atom stereocenters. The highest BCUT2D eigenvalue weighted by Gasteiger charge is 2.34. The van der Waals surface area contributed by atoms with E-state index in [0.717, 1.165) is 22.2 Å². The van der Waals surface area contributed by atoms with Gasteiger partial charge in [-0.2, -0.15) is 5.10 Å². The van der Waals surface area contributed by atoms with Gasteiger partial charge in [0.05, 0.1) is 23.7 Å². The van der Waals surface area contributed by atoms with Crippen LogP contribution in [0.2, 0.25) is 0 Å². The Labute approximate surface area is 122 Å². The number of nitrogens with zero attached hydrogens (tertiary/aromatic N) is 3. The van der Waals surface area contributed by atoms with Gasteiger partial charge in [0.2, 0.25) is 5.91 Å². The van der Waals surface area contributed by atoms with Crippen LogP contribution in [0, 0.1) is 12.8 Å². The number of rotatable bonds is 3. The summed E-state index contributed by atoms with van der Waals surface area (Å²) in [5.41, 5.74) is 2.96. The number of carboxylic acids is 1. The standard InChI is InChI=1S/C15H17N3O3/c1-9-3-4-13-11(5-9)12(16-17(13)2)8-18-7-10(15(20)21)6-14(18)19/h3-5,10H,6-8H2,1-2H3,(H,20,21). The zero-order chi connectivity index (χ0) is 15.1. The molecule has 21 heavy (non-hydrogen) atoms. The number of hydrogen-bond donors (Lipinski definition) is 1. The van der Waals surface area contributed by atoms with Crippen molar-refractivity contribution in [3.05, 3.63) is 29.5 Å². The van der Waals surface area contributed by atoms with Gasteiger partial charge in [-0.15, -0.1) is 0 Å². The van der Waals surface area contributed by atoms with Crippen LogP contribution in [0.5, 0.6) is 0 Å². The van der Waals surface area contributed by atoms with Gasteiger partial charge in [-0.1, -0.05) is 11.6 Å². The van der Waals surface area contributed by atoms with Gasteiger partial charge in [0.25, 0.3) is 0 Å². The third kappa shape index (κ3) is 2.37. The number of benzene rings is 1. The number of aliphatic carboxylic acids is 1. The second kappa shape index (κ2) is 4.87. The Hall–Kier alpha value is -2.37. The van der Waals surface area contributed by atoms with Crippen LogP contribution < -0.4 is 0 Å². The first-order chi connectivity index (χ1) is 9.95. The van der Waals surface area contributed by atoms with Gasteiger partial charge in [-0.05, 0) is 19.1 Å². The number of carboxylic acid groups (broad SMARTS) is 1. The fourth-order valence-corrected chi connectivity index (χ4v) is 2.84. The minimum absolute atomic E-state index is 0.0825. The third-order valence-corrected chi connectivity index (χ3v) is 3.99. The Morgan fingerprint density at radius 1 is 1.48 bits per heavy atom. The van der Waals surface area contributed by atoms with Crippen molar-refractivity contribution in [3.63, 3.8) is 0 Å². The van der Waals surface area contributed by atoms with Gasteiger partial charge >= 0.3 is 5.97 Å². The van der Waals surface area contributed by atoms with Crippen LogP contribution in [0.15, 0.2) is 18.2 Å². The first-order valence-corrected chi connectivity index (χ1v) is 6.88. The van der Waals surface area contributed by atoms with Crippen LogP contribution in [0.1, 0.15) is 17.7 Å². The molecule has 2 heterocycles. The summed E-state index contributed by atoms with van der Waals surface area (Å²) in [6, 6.07) is 6.08. The summed E-state index contributed by atoms with van der Waals surface area (Å²) in [7, 11) is 1.87. The molecule has 0 radical (unpaired) electrons. The van der Waals surface area contributed by atoms with Gasteiger partial charge in [-0.25, -0.2) is 0 Å². The Morgan fingerprint density at radius 2 is 2.24 bits per heavy atom. The summed E-state index contributed by atoms with van der Waals surface area (Å²) in [5.74, 6) is -1.63. The predicted octanol–water partition coefficient (Wildman–Crippen LogP) is 1.31. The van der Waals surface area contributed by atoms with Gasteiger partial charge in [0.1, 0.15) is 0 Å². The van der Waals surface area contributed by atoms with Crippen LogP contribution in [-0.4, -0.2) is 38.2 Å². The van der Waals surface area contributed by atoms with Crippen molar-refractivity contribution in [2.24, 2.45) is 13.0 Å². The van der Waals surface area contributed by atoms with Crippen molar-refractivity contribution in [3.8, 4) is 0 Å². The number of amides is 1. The minimum Gasteiger partial charge on any atom is -0.481 e. The monoisotopic (exact) mass is 287 g/mol. The zero-order valence-electron chi connectivity index (χ0n) is 12.0. The maximum Gasteiger partial charge on any atom is 0.308 e. The van der Waals surface area contributed by atoms with Crippen molar-refractivity contribution < 1.29 is 14.7 Å². The zero-order valence-corrected chi connectivity index (χ0v) is 12.0. The quantitative estimate of drug-likeness (QED) is 0.923. The van der Waals surface area contributed by atoms with E-state index in [1.807, 2.05) is 32.2 Å². The summed E-state index contributed by atoms with van der Waals surface area (Å²) in [6.07, 6.45) is 0.0825. The molecule has 110 valence electrons. The summed E-state index contributed by atoms with van der Waals surface area (Å²) in [5, 5.41) is 14.5. The van der Waals surface area contributed by atoms with E-state index in [0.29, 0.717) is 6.54 Å². The summed E-state index contributed by atoms with van der Waals surface area (Å²) >= 11 is 0. The van der Waals surface area contributed by atoms with E-state index < -0.39 is 11.9 Å². The van der Waals surface area contributed by atoms with Crippen LogP contribution in [-0.2, 0) is 23.2 Å². The molecule has 1 aromatic carbocycles. The molecule has 1 fully saturated rings. The van der Waals surface area contributed by atoms with Crippen LogP contribution in [0.25, 0.3) is 10.9 Å². The molecule has 1 aliphatic rings. The van der Waals surface area contributed by atoms with Gasteiger partial charge in [-0.3, -0.25) is 14.3 Å². The number of carbonyl (C=O) groups is 2. The molecule has 1 unspecified atom stereocenters. The highest BCUT2D eigenvalue weighted by atomic mass is 16.4. The van der Waals surface area contributed by atoms with Crippen molar-refractivity contribution >= 4 is 22.8 Å². The van der Waals surface area contributed by atoms with E-state index >= 15 is 0 Å². The van der Waals surface area contributed by atoms with Crippen LogP contribution in [0.4, 0.5) is 0 Å². The SMILES string of the molecule is Cc1ccc2c(c1)c(CN1CC(C(=O)O)CC1=O)nn2C. The molecule has 1 N–H and O–H groups in total. The fraction of sp³-hybridized carbons (Fsp3) is 0.400. The Bertz CT molecular complexity index is 735. The van der Waals surface area contributed by atoms with E-state index in [1.165, 1.54) is 0 Å². The molecule has 0 spiro atoms. The highest BCUT2D eigenvalue weighted by molar-refractivity contribution is 5.87. The Kier molecular flexibility index (Phi) is 3.16. The summed E-state index contributed by atoms with van der Waals surface area (Å²) in [4.78, 5) is 24.5. The molecular formula is C15H17N3O3. The van der Waals surface area contributed by atoms with E-state index in [-0.39, 0.29) is 18.9 Å². The average Bonchev–Trinajstić information content (AvgIpc) is 2.92. The Morgan fingerprint density at radius 3 is 2.90 bits per heavy atom. The second-order valence-corrected chi connectivity index (χ2v) is 5.60. The molecule has 1 aromatic heterocycles. The van der Waals surface area contributed by atoms with Gasteiger partial charge < -0.3 is 10.0 Å². The number of hydrogen-bond acceptors (Lipinski definition) is 3. The van der Waals surface area contributed by atoms with Crippen LogP contribution in [0.3, 0.4) is 0 Å². The molecule has 6 heteroatoms. The number of aromatic nitrogens is 2. The molecular weight excluding hydrogens is 270 g/mol. The van der Waals surface area contributed by atoms with E-state index in [4.69, 9.17) is 5.11 Å². The number of likely N-dealkylation sites (tertiary alicyclic amines) is 1. The lowest BCUT2D eigenvalue weighted by molar-refractivity contribution is -0.141. The largest absolute Gasteiger partial charge is 0.481 e. The normalized spacial score (nSPS) is 18.7. The molecule has 6 nitrogen and oxygen atoms in total. The third-order valence-electron chi connectivity index (χ3n) is 3.99. The van der Waals surface area contributed by atoms with E-state index in [1.54, 1.807) is 9.58 Å². The lowest BCUT2D eigenvalue weighted by Gasteiger charge is -2.14. The first kappa shape index (κ1) is 13.6. The molecule has 1 amide bonds. The molecule has 1 saturated heterocycles.